The second kappa shape index (κ2) is 7.83. The number of nitrogens with one attached hydrogen (secondary N) is 1. The molecule has 4 heterocycles. The zero-order chi connectivity index (χ0) is 19.6. The van der Waals surface area contributed by atoms with Crippen molar-refractivity contribution in [2.45, 2.75) is 19.3 Å². The quantitative estimate of drug-likeness (QED) is 0.542. The Labute approximate surface area is 172 Å². The summed E-state index contributed by atoms with van der Waals surface area (Å²) in [6.45, 7) is 2.19. The highest BCUT2D eigenvalue weighted by molar-refractivity contribution is 7.09. The van der Waals surface area contributed by atoms with Crippen LogP contribution in [0.1, 0.15) is 17.7 Å². The van der Waals surface area contributed by atoms with E-state index in [4.69, 9.17) is 4.42 Å². The molecule has 6 nitrogen and oxygen atoms in total. The van der Waals surface area contributed by atoms with Gasteiger partial charge in [-0.2, -0.15) is 0 Å². The third-order valence-corrected chi connectivity index (χ3v) is 6.42. The van der Waals surface area contributed by atoms with Crippen molar-refractivity contribution in [2.75, 3.05) is 24.5 Å². The number of furan rings is 1. The van der Waals surface area contributed by atoms with Crippen LogP contribution < -0.4 is 10.2 Å². The van der Waals surface area contributed by atoms with Crippen molar-refractivity contribution < 1.29 is 9.21 Å². The van der Waals surface area contributed by atoms with Crippen molar-refractivity contribution in [3.8, 4) is 0 Å². The van der Waals surface area contributed by atoms with Gasteiger partial charge in [0, 0.05) is 29.9 Å². The third kappa shape index (κ3) is 3.58. The first kappa shape index (κ1) is 18.1. The fourth-order valence-corrected chi connectivity index (χ4v) is 4.74. The number of nitrogens with zero attached hydrogens (tertiary/aromatic N) is 3. The average Bonchev–Trinajstić information content (AvgIpc) is 3.41. The van der Waals surface area contributed by atoms with Crippen LogP contribution in [0.4, 0.5) is 5.82 Å². The highest BCUT2D eigenvalue weighted by Gasteiger charge is 2.28. The van der Waals surface area contributed by atoms with E-state index < -0.39 is 0 Å². The number of hydrogen-bond donors (Lipinski definition) is 1. The molecule has 1 atom stereocenters. The largest absolute Gasteiger partial charge is 0.450 e. The molecule has 1 aliphatic rings. The van der Waals surface area contributed by atoms with Crippen molar-refractivity contribution in [1.82, 2.24) is 15.3 Å². The van der Waals surface area contributed by atoms with Gasteiger partial charge in [-0.05, 0) is 42.8 Å². The van der Waals surface area contributed by atoms with Gasteiger partial charge < -0.3 is 14.6 Å². The summed E-state index contributed by atoms with van der Waals surface area (Å²) >= 11 is 1.73. The molecule has 148 valence electrons. The summed E-state index contributed by atoms with van der Waals surface area (Å²) in [6.07, 6.45) is 4.32. The van der Waals surface area contributed by atoms with Gasteiger partial charge in [0.15, 0.2) is 11.4 Å². The minimum Gasteiger partial charge on any atom is -0.450 e. The van der Waals surface area contributed by atoms with Crippen LogP contribution in [-0.4, -0.2) is 35.5 Å². The lowest BCUT2D eigenvalue weighted by molar-refractivity contribution is -0.125. The Bertz CT molecular complexity index is 1140. The van der Waals surface area contributed by atoms with Crippen LogP contribution in [-0.2, 0) is 11.2 Å². The first-order valence-corrected chi connectivity index (χ1v) is 10.8. The lowest BCUT2D eigenvalue weighted by Crippen LogP contribution is -2.43. The van der Waals surface area contributed by atoms with Gasteiger partial charge >= 0.3 is 0 Å². The normalized spacial score (nSPS) is 17.1. The van der Waals surface area contributed by atoms with E-state index in [1.54, 1.807) is 17.7 Å². The number of benzene rings is 1. The van der Waals surface area contributed by atoms with Gasteiger partial charge in [-0.3, -0.25) is 4.79 Å². The second-order valence-corrected chi connectivity index (χ2v) is 8.41. The van der Waals surface area contributed by atoms with Gasteiger partial charge in [-0.25, -0.2) is 9.97 Å². The van der Waals surface area contributed by atoms with E-state index in [0.717, 1.165) is 48.1 Å². The number of fused-ring (bicyclic) bond motifs is 3. The first-order valence-electron chi connectivity index (χ1n) is 9.97. The Morgan fingerprint density at radius 1 is 1.24 bits per heavy atom. The Morgan fingerprint density at radius 2 is 2.17 bits per heavy atom. The van der Waals surface area contributed by atoms with Crippen LogP contribution in [0.15, 0.2) is 52.5 Å². The summed E-state index contributed by atoms with van der Waals surface area (Å²) < 4.78 is 6.07. The lowest BCUT2D eigenvalue weighted by atomic mass is 9.97. The van der Waals surface area contributed by atoms with Crippen LogP contribution in [0.5, 0.6) is 0 Å². The molecule has 1 saturated heterocycles. The summed E-state index contributed by atoms with van der Waals surface area (Å²) in [5.41, 5.74) is 2.34. The highest BCUT2D eigenvalue weighted by Crippen LogP contribution is 2.33. The van der Waals surface area contributed by atoms with Gasteiger partial charge in [0.2, 0.25) is 5.91 Å². The van der Waals surface area contributed by atoms with E-state index in [2.05, 4.69) is 31.6 Å². The van der Waals surface area contributed by atoms with Crippen molar-refractivity contribution in [2.24, 2.45) is 5.92 Å². The Kier molecular flexibility index (Phi) is 4.89. The van der Waals surface area contributed by atoms with E-state index in [1.807, 2.05) is 30.3 Å². The van der Waals surface area contributed by atoms with Crippen molar-refractivity contribution in [3.63, 3.8) is 0 Å². The maximum Gasteiger partial charge on any atom is 0.224 e. The van der Waals surface area contributed by atoms with Crippen LogP contribution in [0.25, 0.3) is 22.1 Å². The molecule has 0 aliphatic carbocycles. The molecule has 7 heteroatoms. The highest BCUT2D eigenvalue weighted by atomic mass is 32.1. The number of hydrogen-bond acceptors (Lipinski definition) is 6. The van der Waals surface area contributed by atoms with E-state index in [9.17, 15) is 4.79 Å². The van der Waals surface area contributed by atoms with Crippen molar-refractivity contribution >= 4 is 45.1 Å². The topological polar surface area (TPSA) is 71.3 Å². The van der Waals surface area contributed by atoms with Gasteiger partial charge in [0.25, 0.3) is 0 Å². The van der Waals surface area contributed by atoms with Gasteiger partial charge in [0.05, 0.1) is 5.92 Å². The van der Waals surface area contributed by atoms with Crippen LogP contribution in [0.3, 0.4) is 0 Å². The molecule has 1 N–H and O–H groups in total. The molecule has 3 aromatic heterocycles. The van der Waals surface area contributed by atoms with Gasteiger partial charge in [0.1, 0.15) is 17.4 Å². The predicted octanol–water partition coefficient (Wildman–Crippen LogP) is 4.01. The van der Waals surface area contributed by atoms with Crippen LogP contribution in [0.2, 0.25) is 0 Å². The third-order valence-electron chi connectivity index (χ3n) is 5.48. The molecule has 1 aliphatic heterocycles. The summed E-state index contributed by atoms with van der Waals surface area (Å²) in [5.74, 6) is 0.866. The molecule has 5 rings (SSSR count). The fourth-order valence-electron chi connectivity index (χ4n) is 4.03. The Morgan fingerprint density at radius 3 is 3.07 bits per heavy atom. The van der Waals surface area contributed by atoms with E-state index in [0.29, 0.717) is 18.7 Å². The second-order valence-electron chi connectivity index (χ2n) is 7.38. The lowest BCUT2D eigenvalue weighted by Gasteiger charge is -2.32. The molecule has 1 fully saturated rings. The number of aromatic nitrogens is 2. The number of carbonyl (C=O) groups is 1. The standard InChI is InChI=1S/C22H22N4O2S/c27-22(23-10-9-16-6-4-12-29-16)15-5-3-11-26(13-15)21-20-19(24-14-25-21)17-7-1-2-8-18(17)28-20/h1-2,4,6-8,12,14-15H,3,5,9-11,13H2,(H,23,27)/t15-/m0/s1. The van der Waals surface area contributed by atoms with E-state index >= 15 is 0 Å². The minimum absolute atomic E-state index is 0.0403. The number of para-hydroxylation sites is 1. The van der Waals surface area contributed by atoms with E-state index in [1.165, 1.54) is 4.88 Å². The zero-order valence-electron chi connectivity index (χ0n) is 16.0. The Balaban J connectivity index is 1.32. The predicted molar refractivity (Wildman–Crippen MR) is 115 cm³/mol. The molecule has 4 aromatic rings. The van der Waals surface area contributed by atoms with Crippen molar-refractivity contribution in [3.05, 3.63) is 53.0 Å². The first-order chi connectivity index (χ1) is 14.3. The summed E-state index contributed by atoms with van der Waals surface area (Å²) in [7, 11) is 0. The average molecular weight is 407 g/mol. The maximum absolute atomic E-state index is 12.7. The van der Waals surface area contributed by atoms with Gasteiger partial charge in [-0.1, -0.05) is 18.2 Å². The summed E-state index contributed by atoms with van der Waals surface area (Å²) in [5, 5.41) is 6.16. The fraction of sp³-hybridized carbons (Fsp3) is 0.318. The number of amides is 1. The minimum atomic E-state index is -0.0403. The van der Waals surface area contributed by atoms with Crippen LogP contribution >= 0.6 is 11.3 Å². The Hall–Kier alpha value is -2.93. The maximum atomic E-state index is 12.7. The number of carbonyl (C=O) groups excluding carboxylic acids is 1. The smallest absolute Gasteiger partial charge is 0.224 e. The number of rotatable bonds is 5. The number of piperidine rings is 1. The molecule has 29 heavy (non-hydrogen) atoms. The van der Waals surface area contributed by atoms with E-state index in [-0.39, 0.29) is 11.8 Å². The number of thiophene rings is 1. The molecule has 0 saturated carbocycles. The molecule has 0 radical (unpaired) electrons. The molecule has 0 unspecified atom stereocenters. The summed E-state index contributed by atoms with van der Waals surface area (Å²) in [6, 6.07) is 12.0. The molecule has 1 aromatic carbocycles. The zero-order valence-corrected chi connectivity index (χ0v) is 16.8. The molecule has 1 amide bonds. The molecule has 0 spiro atoms. The monoisotopic (exact) mass is 406 g/mol. The summed E-state index contributed by atoms with van der Waals surface area (Å²) in [4.78, 5) is 25.1. The van der Waals surface area contributed by atoms with Crippen molar-refractivity contribution in [1.29, 1.82) is 0 Å². The SMILES string of the molecule is O=C(NCCc1cccs1)[C@H]1CCCN(c2ncnc3c2oc2ccccc23)C1. The molecule has 0 bridgehead atoms. The molecular formula is C22H22N4O2S. The van der Waals surface area contributed by atoms with Gasteiger partial charge in [-0.15, -0.1) is 11.3 Å². The molecular weight excluding hydrogens is 384 g/mol. The van der Waals surface area contributed by atoms with Crippen LogP contribution in [0, 0.1) is 5.92 Å². The number of anilines is 1.